The van der Waals surface area contributed by atoms with Crippen molar-refractivity contribution in [3.8, 4) is 0 Å². The van der Waals surface area contributed by atoms with Crippen LogP contribution < -0.4 is 15.6 Å². The van der Waals surface area contributed by atoms with E-state index >= 15 is 8.78 Å². The number of carbonyl (C=O) groups is 1. The van der Waals surface area contributed by atoms with E-state index in [1.54, 1.807) is 27.9 Å². The number of thiazole rings is 1. The van der Waals surface area contributed by atoms with Crippen LogP contribution >= 0.6 is 11.3 Å². The number of nitrogens with zero attached hydrogens (tertiary/aromatic N) is 5. The summed E-state index contributed by atoms with van der Waals surface area (Å²) in [7, 11) is 0. The van der Waals surface area contributed by atoms with Crippen LogP contribution in [0.2, 0.25) is 0 Å². The average molecular weight is 575 g/mol. The van der Waals surface area contributed by atoms with Gasteiger partial charge in [0, 0.05) is 50.7 Å². The number of carbonyl (C=O) groups excluding carboxylic acids is 1. The first kappa shape index (κ1) is 26.0. The van der Waals surface area contributed by atoms with Crippen molar-refractivity contribution in [2.75, 3.05) is 44.2 Å². The number of amides is 1. The Balaban J connectivity index is 1.35. The standard InChI is InChI=1S/C30H28F2N6O2S/c31-20-15-19-26(25(32)27(20)37-13-7-18(17-37)21-16-33-8-9-34-21)38-22-5-1-2-6-23(22)41-30(38)24(28(19)39)29(40)35-10-14-36-11-3-4-12-36/h1-2,5-6,8-9,15-16,18H,3-4,7,10-14,17H2,(H,35,40). The van der Waals surface area contributed by atoms with Gasteiger partial charge in [-0.2, -0.15) is 0 Å². The van der Waals surface area contributed by atoms with Crippen molar-refractivity contribution in [3.05, 3.63) is 82.0 Å². The third-order valence-corrected chi connectivity index (χ3v) is 9.38. The van der Waals surface area contributed by atoms with E-state index < -0.39 is 23.0 Å². The SMILES string of the molecule is O=C(NCCN1CCCC1)c1c(=O)c2cc(F)c(N3CCC(c4cnccn4)C3)c(F)c2n2c1sc1ccccc12. The summed E-state index contributed by atoms with van der Waals surface area (Å²) in [5.41, 5.74) is 0.480. The lowest BCUT2D eigenvalue weighted by Crippen LogP contribution is -2.36. The van der Waals surface area contributed by atoms with Crippen LogP contribution in [0.15, 0.2) is 53.7 Å². The van der Waals surface area contributed by atoms with Crippen molar-refractivity contribution in [2.45, 2.75) is 25.2 Å². The van der Waals surface area contributed by atoms with E-state index in [4.69, 9.17) is 0 Å². The highest BCUT2D eigenvalue weighted by Crippen LogP contribution is 2.38. The van der Waals surface area contributed by atoms with Crippen molar-refractivity contribution in [1.29, 1.82) is 0 Å². The summed E-state index contributed by atoms with van der Waals surface area (Å²) in [6, 6.07) is 8.45. The predicted octanol–water partition coefficient (Wildman–Crippen LogP) is 4.56. The molecular formula is C30H28F2N6O2S. The number of rotatable bonds is 6. The van der Waals surface area contributed by atoms with Gasteiger partial charge in [-0.1, -0.05) is 12.1 Å². The smallest absolute Gasteiger partial charge is 0.258 e. The number of pyridine rings is 1. The highest BCUT2D eigenvalue weighted by atomic mass is 32.1. The van der Waals surface area contributed by atoms with Crippen molar-refractivity contribution in [1.82, 2.24) is 24.6 Å². The lowest BCUT2D eigenvalue weighted by atomic mass is 10.1. The van der Waals surface area contributed by atoms with Crippen LogP contribution in [0.25, 0.3) is 25.9 Å². The molecule has 8 nitrogen and oxygen atoms in total. The summed E-state index contributed by atoms with van der Waals surface area (Å²) in [6.45, 7) is 3.86. The summed E-state index contributed by atoms with van der Waals surface area (Å²) in [6.07, 6.45) is 7.83. The molecule has 41 heavy (non-hydrogen) atoms. The van der Waals surface area contributed by atoms with E-state index in [1.807, 2.05) is 24.3 Å². The highest BCUT2D eigenvalue weighted by Gasteiger charge is 2.32. The van der Waals surface area contributed by atoms with Crippen molar-refractivity contribution < 1.29 is 13.6 Å². The molecule has 0 aliphatic carbocycles. The second-order valence-electron chi connectivity index (χ2n) is 10.7. The van der Waals surface area contributed by atoms with Crippen molar-refractivity contribution in [2.24, 2.45) is 0 Å². The first-order chi connectivity index (χ1) is 20.0. The number of fused-ring (bicyclic) bond motifs is 5. The fraction of sp³-hybridized carbons (Fsp3) is 0.333. The molecule has 2 saturated heterocycles. The first-order valence-electron chi connectivity index (χ1n) is 13.9. The average Bonchev–Trinajstić information content (AvgIpc) is 3.74. The van der Waals surface area contributed by atoms with Crippen molar-refractivity contribution in [3.63, 3.8) is 0 Å². The number of aromatic nitrogens is 3. The third-order valence-electron chi connectivity index (χ3n) is 8.24. The zero-order valence-corrected chi connectivity index (χ0v) is 23.1. The maximum absolute atomic E-state index is 16.6. The minimum atomic E-state index is -0.827. The van der Waals surface area contributed by atoms with Gasteiger partial charge in [-0.15, -0.1) is 11.3 Å². The molecule has 2 aromatic carbocycles. The molecule has 11 heteroatoms. The van der Waals surface area contributed by atoms with Gasteiger partial charge < -0.3 is 15.1 Å². The number of benzene rings is 2. The highest BCUT2D eigenvalue weighted by molar-refractivity contribution is 7.24. The van der Waals surface area contributed by atoms with Crippen LogP contribution in [-0.2, 0) is 0 Å². The molecule has 2 fully saturated rings. The van der Waals surface area contributed by atoms with E-state index in [9.17, 15) is 9.59 Å². The Morgan fingerprint density at radius 2 is 1.95 bits per heavy atom. The summed E-state index contributed by atoms with van der Waals surface area (Å²) in [5, 5.41) is 2.73. The molecule has 1 amide bonds. The van der Waals surface area contributed by atoms with E-state index in [1.165, 1.54) is 11.3 Å². The maximum atomic E-state index is 16.6. The molecule has 0 radical (unpaired) electrons. The van der Waals surface area contributed by atoms with Gasteiger partial charge in [-0.3, -0.25) is 24.0 Å². The molecule has 2 aliphatic heterocycles. The van der Waals surface area contributed by atoms with E-state index in [-0.39, 0.29) is 28.1 Å². The monoisotopic (exact) mass is 574 g/mol. The summed E-state index contributed by atoms with van der Waals surface area (Å²) in [4.78, 5) is 40.0. The molecule has 2 aliphatic rings. The van der Waals surface area contributed by atoms with Gasteiger partial charge in [-0.25, -0.2) is 8.78 Å². The number of nitrogens with one attached hydrogen (secondary N) is 1. The van der Waals surface area contributed by atoms with Crippen LogP contribution in [0.4, 0.5) is 14.5 Å². The number of halogens is 2. The molecular weight excluding hydrogens is 546 g/mol. The fourth-order valence-corrected chi connectivity index (χ4v) is 7.42. The lowest BCUT2D eigenvalue weighted by Gasteiger charge is -2.21. The van der Waals surface area contributed by atoms with Gasteiger partial charge in [-0.05, 0) is 50.6 Å². The summed E-state index contributed by atoms with van der Waals surface area (Å²) in [5.74, 6) is -2.19. The number of hydrogen-bond acceptors (Lipinski definition) is 7. The molecule has 0 saturated carbocycles. The minimum Gasteiger partial charge on any atom is -0.366 e. The molecule has 5 aromatic rings. The number of para-hydroxylation sites is 1. The fourth-order valence-electron chi connectivity index (χ4n) is 6.23. The number of hydrogen-bond donors (Lipinski definition) is 1. The Morgan fingerprint density at radius 3 is 2.76 bits per heavy atom. The predicted molar refractivity (Wildman–Crippen MR) is 156 cm³/mol. The minimum absolute atomic E-state index is 0.0181. The second kappa shape index (κ2) is 10.5. The second-order valence-corrected chi connectivity index (χ2v) is 11.7. The molecule has 0 bridgehead atoms. The Morgan fingerprint density at radius 1 is 1.12 bits per heavy atom. The molecule has 0 spiro atoms. The Hall–Kier alpha value is -3.96. The zero-order chi connectivity index (χ0) is 28.1. The first-order valence-corrected chi connectivity index (χ1v) is 14.7. The number of likely N-dealkylation sites (tertiary alicyclic amines) is 1. The Labute approximate surface area is 238 Å². The summed E-state index contributed by atoms with van der Waals surface area (Å²) >= 11 is 1.26. The van der Waals surface area contributed by atoms with E-state index in [0.717, 1.165) is 42.4 Å². The van der Waals surface area contributed by atoms with Gasteiger partial charge in [0.15, 0.2) is 5.82 Å². The molecule has 210 valence electrons. The largest absolute Gasteiger partial charge is 0.366 e. The molecule has 3 aromatic heterocycles. The molecule has 1 atom stereocenters. The number of anilines is 1. The van der Waals surface area contributed by atoms with Crippen molar-refractivity contribution >= 4 is 48.9 Å². The zero-order valence-electron chi connectivity index (χ0n) is 22.3. The van der Waals surface area contributed by atoms with E-state index in [2.05, 4.69) is 20.2 Å². The van der Waals surface area contributed by atoms with Crippen LogP contribution in [0.3, 0.4) is 0 Å². The van der Waals surface area contributed by atoms with Gasteiger partial charge >= 0.3 is 0 Å². The quantitative estimate of drug-likeness (QED) is 0.320. The topological polar surface area (TPSA) is 82.8 Å². The van der Waals surface area contributed by atoms with Crippen LogP contribution in [0.1, 0.15) is 41.2 Å². The lowest BCUT2D eigenvalue weighted by molar-refractivity contribution is 0.0950. The third kappa shape index (κ3) is 4.43. The molecule has 5 heterocycles. The van der Waals surface area contributed by atoms with Crippen LogP contribution in [-0.4, -0.2) is 64.4 Å². The summed E-state index contributed by atoms with van der Waals surface area (Å²) < 4.78 is 34.7. The molecule has 7 rings (SSSR count). The van der Waals surface area contributed by atoms with Gasteiger partial charge in [0.25, 0.3) is 5.91 Å². The van der Waals surface area contributed by atoms with E-state index in [0.29, 0.717) is 42.9 Å². The maximum Gasteiger partial charge on any atom is 0.258 e. The Kier molecular flexibility index (Phi) is 6.63. The van der Waals surface area contributed by atoms with Gasteiger partial charge in [0.1, 0.15) is 21.9 Å². The van der Waals surface area contributed by atoms with Crippen LogP contribution in [0.5, 0.6) is 0 Å². The molecule has 1 unspecified atom stereocenters. The normalized spacial score (nSPS) is 17.8. The van der Waals surface area contributed by atoms with Gasteiger partial charge in [0.2, 0.25) is 5.43 Å². The van der Waals surface area contributed by atoms with Crippen LogP contribution in [0, 0.1) is 11.6 Å². The molecule has 1 N–H and O–H groups in total. The Bertz CT molecular complexity index is 1850. The van der Waals surface area contributed by atoms with Gasteiger partial charge in [0.05, 0.1) is 26.8 Å².